The van der Waals surface area contributed by atoms with E-state index < -0.39 is 12.2 Å². The Balaban J connectivity index is 2.15. The molecule has 2 amide bonds. The molecule has 138 valence electrons. The monoisotopic (exact) mass is 366 g/mol. The second-order valence-corrected chi connectivity index (χ2v) is 5.58. The standard InChI is InChI=1S/C20H18N2O5/c1-3-26-19(24)22(20(25)27-4-2)21-17-15-11-7-5-9-13(15)14-10-6-8-12-16(14)18(17)23/h5-12H,3-4H2,1-2H3/b21-17-. The zero-order valence-electron chi connectivity index (χ0n) is 15.0. The Hall–Kier alpha value is -3.48. The van der Waals surface area contributed by atoms with Crippen LogP contribution in [0.2, 0.25) is 0 Å². The van der Waals surface area contributed by atoms with Gasteiger partial charge in [0.05, 0.1) is 13.2 Å². The molecule has 2 aromatic rings. The first kappa shape index (κ1) is 18.3. The predicted octanol–water partition coefficient (Wildman–Crippen LogP) is 3.87. The largest absolute Gasteiger partial charge is 0.448 e. The van der Waals surface area contributed by atoms with Crippen LogP contribution in [0.15, 0.2) is 53.6 Å². The first-order chi connectivity index (χ1) is 13.1. The Morgan fingerprint density at radius 1 is 0.815 bits per heavy atom. The summed E-state index contributed by atoms with van der Waals surface area (Å²) in [5, 5.41) is 4.49. The van der Waals surface area contributed by atoms with E-state index in [1.807, 2.05) is 24.3 Å². The molecule has 0 heterocycles. The number of ketones is 1. The number of amides is 2. The Kier molecular flexibility index (Phi) is 5.30. The maximum atomic E-state index is 13.0. The van der Waals surface area contributed by atoms with E-state index in [2.05, 4.69) is 5.10 Å². The summed E-state index contributed by atoms with van der Waals surface area (Å²) in [7, 11) is 0. The predicted molar refractivity (Wildman–Crippen MR) is 98.6 cm³/mol. The minimum atomic E-state index is -1.01. The Bertz CT molecular complexity index is 917. The van der Waals surface area contributed by atoms with Gasteiger partial charge in [0.25, 0.3) is 0 Å². The summed E-state index contributed by atoms with van der Waals surface area (Å²) < 4.78 is 9.75. The second kappa shape index (κ2) is 7.82. The lowest BCUT2D eigenvalue weighted by atomic mass is 9.83. The highest BCUT2D eigenvalue weighted by molar-refractivity contribution is 6.55. The fourth-order valence-corrected chi connectivity index (χ4v) is 2.82. The molecule has 0 atom stereocenters. The van der Waals surface area contributed by atoms with E-state index in [1.54, 1.807) is 38.1 Å². The van der Waals surface area contributed by atoms with Gasteiger partial charge in [-0.3, -0.25) is 4.79 Å². The van der Waals surface area contributed by atoms with Crippen molar-refractivity contribution in [1.82, 2.24) is 5.01 Å². The summed E-state index contributed by atoms with van der Waals surface area (Å²) in [6.45, 7) is 3.30. The molecule has 0 unspecified atom stereocenters. The van der Waals surface area contributed by atoms with Crippen molar-refractivity contribution in [3.8, 4) is 11.1 Å². The van der Waals surface area contributed by atoms with Crippen molar-refractivity contribution in [2.45, 2.75) is 13.8 Å². The lowest BCUT2D eigenvalue weighted by Gasteiger charge is -2.22. The molecule has 0 aliphatic heterocycles. The van der Waals surface area contributed by atoms with Crippen LogP contribution in [0.3, 0.4) is 0 Å². The molecular weight excluding hydrogens is 348 g/mol. The van der Waals surface area contributed by atoms with E-state index in [9.17, 15) is 14.4 Å². The summed E-state index contributed by atoms with van der Waals surface area (Å²) in [5.41, 5.74) is 2.52. The van der Waals surface area contributed by atoms with Crippen LogP contribution in [0.1, 0.15) is 29.8 Å². The average molecular weight is 366 g/mol. The normalized spacial score (nSPS) is 13.6. The number of carbonyl (C=O) groups excluding carboxylic acids is 3. The van der Waals surface area contributed by atoms with E-state index >= 15 is 0 Å². The van der Waals surface area contributed by atoms with E-state index in [1.165, 1.54) is 0 Å². The first-order valence-corrected chi connectivity index (χ1v) is 8.54. The van der Waals surface area contributed by atoms with Crippen molar-refractivity contribution >= 4 is 23.7 Å². The van der Waals surface area contributed by atoms with Crippen LogP contribution >= 0.6 is 0 Å². The van der Waals surface area contributed by atoms with E-state index in [4.69, 9.17) is 9.47 Å². The fraction of sp³-hybridized carbons (Fsp3) is 0.200. The van der Waals surface area contributed by atoms with Gasteiger partial charge < -0.3 is 9.47 Å². The number of hydrazone groups is 1. The quantitative estimate of drug-likeness (QED) is 0.770. The smallest absolute Gasteiger partial charge is 0.440 e. The van der Waals surface area contributed by atoms with Gasteiger partial charge >= 0.3 is 12.2 Å². The van der Waals surface area contributed by atoms with Crippen molar-refractivity contribution in [3.63, 3.8) is 0 Å². The highest BCUT2D eigenvalue weighted by Crippen LogP contribution is 2.33. The van der Waals surface area contributed by atoms with Gasteiger partial charge in [-0.2, -0.15) is 5.10 Å². The summed E-state index contributed by atoms with van der Waals surface area (Å²) in [4.78, 5) is 37.4. The average Bonchev–Trinajstić information content (AvgIpc) is 2.68. The SMILES string of the molecule is CCOC(=O)N(/N=C1\C(=O)c2ccccc2-c2ccccc21)C(=O)OCC. The molecule has 2 aromatic carbocycles. The van der Waals surface area contributed by atoms with Gasteiger partial charge in [0.15, 0.2) is 0 Å². The molecule has 0 fully saturated rings. The Morgan fingerprint density at radius 2 is 1.26 bits per heavy atom. The molecule has 0 radical (unpaired) electrons. The van der Waals surface area contributed by atoms with Gasteiger partial charge in [-0.1, -0.05) is 53.5 Å². The summed E-state index contributed by atoms with van der Waals surface area (Å²) in [5.74, 6) is -0.386. The molecule has 0 saturated heterocycles. The second-order valence-electron chi connectivity index (χ2n) is 5.58. The lowest BCUT2D eigenvalue weighted by molar-refractivity contribution is 0.0823. The number of nitrogens with zero attached hydrogens (tertiary/aromatic N) is 2. The molecule has 1 aliphatic carbocycles. The fourth-order valence-electron chi connectivity index (χ4n) is 2.82. The number of carbonyl (C=O) groups is 3. The van der Waals surface area contributed by atoms with Crippen molar-refractivity contribution in [3.05, 3.63) is 59.7 Å². The maximum Gasteiger partial charge on any atom is 0.440 e. The molecule has 1 aliphatic rings. The van der Waals surface area contributed by atoms with E-state index in [0.29, 0.717) is 16.1 Å². The van der Waals surface area contributed by atoms with Gasteiger partial charge in [-0.25, -0.2) is 9.59 Å². The van der Waals surface area contributed by atoms with Crippen LogP contribution in [-0.4, -0.2) is 41.9 Å². The number of hydrogen-bond acceptors (Lipinski definition) is 6. The molecule has 0 bridgehead atoms. The number of fused-ring (bicyclic) bond motifs is 3. The van der Waals surface area contributed by atoms with Crippen LogP contribution in [0.4, 0.5) is 9.59 Å². The third kappa shape index (κ3) is 3.44. The van der Waals surface area contributed by atoms with Gasteiger partial charge in [0, 0.05) is 11.1 Å². The third-order valence-electron chi connectivity index (χ3n) is 3.94. The first-order valence-electron chi connectivity index (χ1n) is 8.54. The topological polar surface area (TPSA) is 85.3 Å². The molecule has 7 nitrogen and oxygen atoms in total. The molecule has 0 spiro atoms. The van der Waals surface area contributed by atoms with Crippen molar-refractivity contribution in [1.29, 1.82) is 0 Å². The minimum absolute atomic E-state index is 0.0228. The number of ether oxygens (including phenoxy) is 2. The van der Waals surface area contributed by atoms with Gasteiger partial charge in [-0.05, 0) is 25.0 Å². The molecular formula is C20H18N2O5. The zero-order chi connectivity index (χ0) is 19.4. The highest BCUT2D eigenvalue weighted by Gasteiger charge is 2.32. The highest BCUT2D eigenvalue weighted by atomic mass is 16.6. The van der Waals surface area contributed by atoms with Crippen molar-refractivity contribution < 1.29 is 23.9 Å². The number of hydrogen-bond donors (Lipinski definition) is 0. The number of Topliss-reactive ketones (excluding diaryl/α,β-unsaturated/α-hetero) is 1. The number of benzene rings is 2. The molecule has 0 aromatic heterocycles. The van der Waals surface area contributed by atoms with E-state index in [0.717, 1.165) is 11.1 Å². The van der Waals surface area contributed by atoms with Crippen molar-refractivity contribution in [2.75, 3.05) is 13.2 Å². The van der Waals surface area contributed by atoms with Gasteiger partial charge in [0.1, 0.15) is 5.71 Å². The third-order valence-corrected chi connectivity index (χ3v) is 3.94. The Morgan fingerprint density at radius 3 is 1.78 bits per heavy atom. The lowest BCUT2D eigenvalue weighted by Crippen LogP contribution is -2.36. The number of imide groups is 1. The molecule has 3 rings (SSSR count). The maximum absolute atomic E-state index is 13.0. The van der Waals surface area contributed by atoms with Crippen LogP contribution in [0.5, 0.6) is 0 Å². The van der Waals surface area contributed by atoms with Crippen LogP contribution in [0, 0.1) is 0 Å². The molecule has 0 saturated carbocycles. The van der Waals surface area contributed by atoms with Crippen molar-refractivity contribution in [2.24, 2.45) is 5.10 Å². The summed E-state index contributed by atoms with van der Waals surface area (Å²) >= 11 is 0. The summed E-state index contributed by atoms with van der Waals surface area (Å²) in [6, 6.07) is 14.3. The number of rotatable bonds is 3. The van der Waals surface area contributed by atoms with Gasteiger partial charge in [-0.15, -0.1) is 0 Å². The minimum Gasteiger partial charge on any atom is -0.448 e. The van der Waals surface area contributed by atoms with Gasteiger partial charge in [0.2, 0.25) is 5.78 Å². The zero-order valence-corrected chi connectivity index (χ0v) is 15.0. The summed E-state index contributed by atoms with van der Waals surface area (Å²) in [6.07, 6.45) is -2.01. The van der Waals surface area contributed by atoms with E-state index in [-0.39, 0.29) is 24.7 Å². The molecule has 7 heteroatoms. The van der Waals surface area contributed by atoms with Crippen LogP contribution < -0.4 is 0 Å². The molecule has 27 heavy (non-hydrogen) atoms. The molecule has 0 N–H and O–H groups in total. The van der Waals surface area contributed by atoms with Crippen LogP contribution in [-0.2, 0) is 9.47 Å². The Labute approximate surface area is 156 Å². The van der Waals surface area contributed by atoms with Crippen LogP contribution in [0.25, 0.3) is 11.1 Å².